The second-order valence-corrected chi connectivity index (χ2v) is 6.26. The molecule has 0 saturated carbocycles. The molecule has 3 N–H and O–H groups in total. The lowest BCUT2D eigenvalue weighted by molar-refractivity contribution is -0.151. The summed E-state index contributed by atoms with van der Waals surface area (Å²) in [7, 11) is 0. The molecule has 0 aliphatic carbocycles. The van der Waals surface area contributed by atoms with E-state index in [0.717, 1.165) is 10.6 Å². The van der Waals surface area contributed by atoms with Crippen molar-refractivity contribution in [2.24, 2.45) is 5.84 Å². The average Bonchev–Trinajstić information content (AvgIpc) is 2.35. The molecule has 0 saturated heterocycles. The Morgan fingerprint density at radius 2 is 2.05 bits per heavy atom. The lowest BCUT2D eigenvalue weighted by atomic mass is 10.2. The number of aromatic nitrogens is 2. The molecule has 0 spiro atoms. The van der Waals surface area contributed by atoms with Crippen LogP contribution in [0.2, 0.25) is 0 Å². The largest absolute Gasteiger partial charge is 0.459 e. The Bertz CT molecular complexity index is 486. The number of hydrazine groups is 1. The molecule has 1 heterocycles. The molecule has 0 bridgehead atoms. The van der Waals surface area contributed by atoms with Crippen LogP contribution in [0.25, 0.3) is 0 Å². The van der Waals surface area contributed by atoms with E-state index in [1.54, 1.807) is 0 Å². The van der Waals surface area contributed by atoms with E-state index in [9.17, 15) is 4.79 Å². The quantitative estimate of drug-likeness (QED) is 0.283. The Morgan fingerprint density at radius 1 is 1.40 bits per heavy atom. The number of anilines is 1. The van der Waals surface area contributed by atoms with E-state index in [1.165, 1.54) is 11.8 Å². The summed E-state index contributed by atoms with van der Waals surface area (Å²) in [5.74, 6) is 6.67. The smallest absolute Gasteiger partial charge is 0.316 e. The van der Waals surface area contributed by atoms with Crippen LogP contribution in [-0.4, -0.2) is 27.3 Å². The average molecular weight is 298 g/mol. The van der Waals surface area contributed by atoms with Gasteiger partial charge in [0.2, 0.25) is 0 Å². The van der Waals surface area contributed by atoms with E-state index in [2.05, 4.69) is 15.4 Å². The van der Waals surface area contributed by atoms with Crippen molar-refractivity contribution in [1.82, 2.24) is 9.97 Å². The minimum absolute atomic E-state index is 0.211. The predicted molar refractivity (Wildman–Crippen MR) is 80.5 cm³/mol. The number of nitrogens with two attached hydrogens (primary N) is 1. The third-order valence-corrected chi connectivity index (χ3v) is 3.40. The Labute approximate surface area is 123 Å². The molecule has 0 unspecified atom stereocenters. The number of ether oxygens (including phenoxy) is 1. The number of thioether (sulfide) groups is 1. The third kappa shape index (κ3) is 4.97. The zero-order chi connectivity index (χ0) is 15.3. The fourth-order valence-corrected chi connectivity index (χ4v) is 2.27. The number of hydrogen-bond donors (Lipinski definition) is 2. The highest BCUT2D eigenvalue weighted by Crippen LogP contribution is 2.25. The van der Waals surface area contributed by atoms with Crippen molar-refractivity contribution in [2.45, 2.75) is 51.7 Å². The summed E-state index contributed by atoms with van der Waals surface area (Å²) in [5.41, 5.74) is 2.91. The fraction of sp³-hybridized carbons (Fsp3) is 0.615. The first-order valence-electron chi connectivity index (χ1n) is 6.45. The van der Waals surface area contributed by atoms with Crippen molar-refractivity contribution in [3.05, 3.63) is 11.4 Å². The number of hydrogen-bond acceptors (Lipinski definition) is 7. The number of nitrogens with one attached hydrogen (secondary N) is 1. The molecule has 20 heavy (non-hydrogen) atoms. The molecule has 0 aliphatic rings. The molecule has 0 amide bonds. The molecule has 6 nitrogen and oxygen atoms in total. The van der Waals surface area contributed by atoms with Crippen LogP contribution in [0.15, 0.2) is 5.03 Å². The van der Waals surface area contributed by atoms with Gasteiger partial charge in [-0.3, -0.25) is 4.79 Å². The SMILES string of the molecule is CCc1nc(NN)c(C)c(SCC(=O)OC(C)(C)C)n1. The van der Waals surface area contributed by atoms with Gasteiger partial charge in [-0.2, -0.15) is 0 Å². The van der Waals surface area contributed by atoms with Crippen LogP contribution in [0.1, 0.15) is 39.1 Å². The second-order valence-electron chi connectivity index (χ2n) is 5.29. The Kier molecular flexibility index (Phi) is 5.76. The van der Waals surface area contributed by atoms with Crippen molar-refractivity contribution in [1.29, 1.82) is 0 Å². The van der Waals surface area contributed by atoms with E-state index in [-0.39, 0.29) is 11.7 Å². The number of rotatable bonds is 5. The van der Waals surface area contributed by atoms with Crippen molar-refractivity contribution in [3.63, 3.8) is 0 Å². The molecular weight excluding hydrogens is 276 g/mol. The molecule has 0 atom stereocenters. The Hall–Kier alpha value is -1.34. The van der Waals surface area contributed by atoms with Gasteiger partial charge < -0.3 is 10.2 Å². The molecule has 0 aromatic carbocycles. The standard InChI is InChI=1S/C13H22N4O2S/c1-6-9-15-11(17-14)8(2)12(16-9)20-7-10(18)19-13(3,4)5/h6-7,14H2,1-5H3,(H,15,16,17). The van der Waals surface area contributed by atoms with Gasteiger partial charge in [0.15, 0.2) is 0 Å². The molecule has 7 heteroatoms. The van der Waals surface area contributed by atoms with Crippen LogP contribution in [-0.2, 0) is 16.0 Å². The molecule has 0 radical (unpaired) electrons. The second kappa shape index (κ2) is 6.90. The summed E-state index contributed by atoms with van der Waals surface area (Å²) < 4.78 is 5.27. The van der Waals surface area contributed by atoms with Gasteiger partial charge in [0.1, 0.15) is 22.3 Å². The molecule has 0 fully saturated rings. The van der Waals surface area contributed by atoms with Crippen LogP contribution >= 0.6 is 11.8 Å². The van der Waals surface area contributed by atoms with Gasteiger partial charge in [-0.1, -0.05) is 18.7 Å². The first-order valence-corrected chi connectivity index (χ1v) is 7.44. The van der Waals surface area contributed by atoms with Gasteiger partial charge in [0.25, 0.3) is 0 Å². The number of carbonyl (C=O) groups is 1. The van der Waals surface area contributed by atoms with Crippen molar-refractivity contribution in [2.75, 3.05) is 11.2 Å². The lowest BCUT2D eigenvalue weighted by Crippen LogP contribution is -2.25. The van der Waals surface area contributed by atoms with Crippen LogP contribution < -0.4 is 11.3 Å². The van der Waals surface area contributed by atoms with Gasteiger partial charge in [0, 0.05) is 12.0 Å². The summed E-state index contributed by atoms with van der Waals surface area (Å²) in [5, 5.41) is 0.746. The maximum Gasteiger partial charge on any atom is 0.316 e. The first-order chi connectivity index (χ1) is 9.26. The maximum absolute atomic E-state index is 11.7. The zero-order valence-corrected chi connectivity index (χ0v) is 13.4. The number of nitrogens with zero attached hydrogens (tertiary/aromatic N) is 2. The topological polar surface area (TPSA) is 90.1 Å². The van der Waals surface area contributed by atoms with E-state index in [4.69, 9.17) is 10.6 Å². The number of esters is 1. The normalized spacial score (nSPS) is 11.3. The highest BCUT2D eigenvalue weighted by atomic mass is 32.2. The fourth-order valence-electron chi connectivity index (χ4n) is 1.48. The highest BCUT2D eigenvalue weighted by molar-refractivity contribution is 7.99. The summed E-state index contributed by atoms with van der Waals surface area (Å²) in [4.78, 5) is 20.4. The zero-order valence-electron chi connectivity index (χ0n) is 12.6. The summed E-state index contributed by atoms with van der Waals surface area (Å²) >= 11 is 1.33. The molecule has 1 rings (SSSR count). The van der Waals surface area contributed by atoms with Crippen LogP contribution in [0.3, 0.4) is 0 Å². The Balaban J connectivity index is 2.79. The van der Waals surface area contributed by atoms with E-state index < -0.39 is 5.60 Å². The van der Waals surface area contributed by atoms with Gasteiger partial charge in [0.05, 0.1) is 5.75 Å². The lowest BCUT2D eigenvalue weighted by Gasteiger charge is -2.19. The number of carbonyl (C=O) groups excluding carboxylic acids is 1. The predicted octanol–water partition coefficient (Wildman–Crippen LogP) is 2.07. The molecule has 1 aromatic rings. The van der Waals surface area contributed by atoms with E-state index in [0.29, 0.717) is 18.1 Å². The van der Waals surface area contributed by atoms with Gasteiger partial charge in [-0.15, -0.1) is 0 Å². The number of nitrogen functional groups attached to an aromatic ring is 1. The van der Waals surface area contributed by atoms with Gasteiger partial charge in [-0.05, 0) is 27.7 Å². The Morgan fingerprint density at radius 3 is 2.55 bits per heavy atom. The molecule has 0 aliphatic heterocycles. The van der Waals surface area contributed by atoms with E-state index >= 15 is 0 Å². The molecule has 112 valence electrons. The van der Waals surface area contributed by atoms with Crippen LogP contribution in [0.5, 0.6) is 0 Å². The van der Waals surface area contributed by atoms with Crippen LogP contribution in [0, 0.1) is 6.92 Å². The van der Waals surface area contributed by atoms with Crippen molar-refractivity contribution in [3.8, 4) is 0 Å². The maximum atomic E-state index is 11.7. The minimum atomic E-state index is -0.475. The van der Waals surface area contributed by atoms with Gasteiger partial charge in [-0.25, -0.2) is 15.8 Å². The van der Waals surface area contributed by atoms with E-state index in [1.807, 2.05) is 34.6 Å². The number of aryl methyl sites for hydroxylation is 1. The highest BCUT2D eigenvalue weighted by Gasteiger charge is 2.18. The molecule has 1 aromatic heterocycles. The first kappa shape index (κ1) is 16.7. The third-order valence-electron chi connectivity index (χ3n) is 2.35. The van der Waals surface area contributed by atoms with Crippen molar-refractivity contribution >= 4 is 23.5 Å². The molecular formula is C13H22N4O2S. The monoisotopic (exact) mass is 298 g/mol. The van der Waals surface area contributed by atoms with Gasteiger partial charge >= 0.3 is 5.97 Å². The summed E-state index contributed by atoms with van der Waals surface area (Å²) in [6.07, 6.45) is 0.703. The van der Waals surface area contributed by atoms with Crippen LogP contribution in [0.4, 0.5) is 5.82 Å². The minimum Gasteiger partial charge on any atom is -0.459 e. The summed E-state index contributed by atoms with van der Waals surface area (Å²) in [6.45, 7) is 9.37. The van der Waals surface area contributed by atoms with Crippen molar-refractivity contribution < 1.29 is 9.53 Å². The summed E-state index contributed by atoms with van der Waals surface area (Å²) in [6, 6.07) is 0.